The van der Waals surface area contributed by atoms with E-state index in [1.165, 1.54) is 29.4 Å². The van der Waals surface area contributed by atoms with Gasteiger partial charge in [-0.3, -0.25) is 4.98 Å². The molecule has 4 aromatic rings. The fourth-order valence-corrected chi connectivity index (χ4v) is 5.57. The number of aliphatic hydroxyl groups excluding tert-OH is 1. The molecule has 1 aromatic carbocycles. The highest BCUT2D eigenvalue weighted by Gasteiger charge is 2.34. The van der Waals surface area contributed by atoms with Crippen molar-refractivity contribution in [1.82, 2.24) is 14.4 Å². The summed E-state index contributed by atoms with van der Waals surface area (Å²) in [6, 6.07) is 12.9. The highest BCUT2D eigenvalue weighted by atomic mass is 16.3. The van der Waals surface area contributed by atoms with E-state index in [1.54, 1.807) is 0 Å². The van der Waals surface area contributed by atoms with E-state index >= 15 is 0 Å². The van der Waals surface area contributed by atoms with Crippen LogP contribution in [-0.2, 0) is 0 Å². The van der Waals surface area contributed by atoms with E-state index in [9.17, 15) is 5.11 Å². The first-order valence-corrected chi connectivity index (χ1v) is 11.3. The van der Waals surface area contributed by atoms with Gasteiger partial charge in [0.15, 0.2) is 0 Å². The Hall–Kier alpha value is -2.72. The van der Waals surface area contributed by atoms with Gasteiger partial charge in [-0.2, -0.15) is 0 Å². The number of benzene rings is 1. The van der Waals surface area contributed by atoms with Crippen LogP contribution in [0.5, 0.6) is 0 Å². The second kappa shape index (κ2) is 7.21. The molecule has 0 radical (unpaired) electrons. The lowest BCUT2D eigenvalue weighted by molar-refractivity contribution is 0.0811. The summed E-state index contributed by atoms with van der Waals surface area (Å²) < 4.78 is 2.05. The van der Waals surface area contributed by atoms with Crippen LogP contribution in [0.1, 0.15) is 73.2 Å². The number of aliphatic hydroxyl groups is 1. The first-order valence-electron chi connectivity index (χ1n) is 11.3. The molecule has 1 N–H and O–H groups in total. The minimum absolute atomic E-state index is 0.313. The van der Waals surface area contributed by atoms with Gasteiger partial charge in [-0.05, 0) is 85.6 Å². The second-order valence-electron chi connectivity index (χ2n) is 9.12. The van der Waals surface area contributed by atoms with Crippen molar-refractivity contribution in [1.29, 1.82) is 0 Å². The van der Waals surface area contributed by atoms with Crippen molar-refractivity contribution in [3.63, 3.8) is 0 Å². The van der Waals surface area contributed by atoms with Crippen molar-refractivity contribution < 1.29 is 5.11 Å². The summed E-state index contributed by atoms with van der Waals surface area (Å²) in [7, 11) is 0. The third-order valence-corrected chi connectivity index (χ3v) is 7.32. The zero-order valence-electron chi connectivity index (χ0n) is 17.1. The van der Waals surface area contributed by atoms with Crippen LogP contribution in [0.4, 0.5) is 0 Å². The van der Waals surface area contributed by atoms with Gasteiger partial charge in [0.25, 0.3) is 0 Å². The first kappa shape index (κ1) is 18.1. The quantitative estimate of drug-likeness (QED) is 0.476. The number of hydrogen-bond donors (Lipinski definition) is 1. The fraction of sp³-hybridized carbons (Fsp3) is 0.385. The van der Waals surface area contributed by atoms with Gasteiger partial charge in [0, 0.05) is 23.3 Å². The summed E-state index contributed by atoms with van der Waals surface area (Å²) in [5.41, 5.74) is 6.06. The van der Waals surface area contributed by atoms with Crippen molar-refractivity contribution in [3.05, 3.63) is 78.0 Å². The zero-order valence-corrected chi connectivity index (χ0v) is 17.1. The van der Waals surface area contributed by atoms with E-state index < -0.39 is 6.10 Å². The van der Waals surface area contributed by atoms with E-state index in [0.29, 0.717) is 17.8 Å². The fourth-order valence-electron chi connectivity index (χ4n) is 5.57. The lowest BCUT2D eigenvalue weighted by atomic mass is 9.74. The monoisotopic (exact) mass is 397 g/mol. The molecule has 30 heavy (non-hydrogen) atoms. The van der Waals surface area contributed by atoms with Gasteiger partial charge in [0.05, 0.1) is 29.7 Å². The van der Waals surface area contributed by atoms with Crippen molar-refractivity contribution in [3.8, 4) is 0 Å². The van der Waals surface area contributed by atoms with Crippen LogP contribution in [0, 0.1) is 5.92 Å². The molecule has 1 atom stereocenters. The molecule has 0 bridgehead atoms. The lowest BCUT2D eigenvalue weighted by Gasteiger charge is -2.33. The summed E-state index contributed by atoms with van der Waals surface area (Å²) in [6.07, 6.45) is 14.2. The topological polar surface area (TPSA) is 50.4 Å². The summed E-state index contributed by atoms with van der Waals surface area (Å²) in [4.78, 5) is 8.86. The Kier molecular flexibility index (Phi) is 4.34. The minimum Gasteiger partial charge on any atom is -0.388 e. The van der Waals surface area contributed by atoms with E-state index in [-0.39, 0.29) is 0 Å². The molecule has 2 fully saturated rings. The maximum atomic E-state index is 11.5. The second-order valence-corrected chi connectivity index (χ2v) is 9.12. The predicted octanol–water partition coefficient (Wildman–Crippen LogP) is 5.77. The van der Waals surface area contributed by atoms with E-state index in [0.717, 1.165) is 42.3 Å². The van der Waals surface area contributed by atoms with Crippen molar-refractivity contribution in [2.24, 2.45) is 5.92 Å². The van der Waals surface area contributed by atoms with Gasteiger partial charge < -0.3 is 9.51 Å². The lowest BCUT2D eigenvalue weighted by Crippen LogP contribution is -2.21. The third kappa shape index (κ3) is 3.02. The van der Waals surface area contributed by atoms with Crippen LogP contribution < -0.4 is 0 Å². The summed E-state index contributed by atoms with van der Waals surface area (Å²) in [5, 5.41) is 12.8. The molecular weight excluding hydrogens is 370 g/mol. The summed E-state index contributed by atoms with van der Waals surface area (Å²) >= 11 is 0. The number of fused-ring (bicyclic) bond motifs is 2. The molecule has 4 nitrogen and oxygen atoms in total. The smallest absolute Gasteiger partial charge is 0.0992 e. The molecule has 152 valence electrons. The van der Waals surface area contributed by atoms with Gasteiger partial charge in [-0.25, -0.2) is 4.98 Å². The van der Waals surface area contributed by atoms with Gasteiger partial charge in [0.1, 0.15) is 0 Å². The molecule has 2 aliphatic rings. The van der Waals surface area contributed by atoms with Crippen molar-refractivity contribution in [2.75, 3.05) is 0 Å². The Balaban J connectivity index is 1.27. The van der Waals surface area contributed by atoms with Gasteiger partial charge in [0.2, 0.25) is 0 Å². The molecule has 3 aromatic heterocycles. The number of nitrogens with zero attached hydrogens (tertiary/aromatic N) is 3. The molecule has 2 aliphatic carbocycles. The standard InChI is InChI=1S/C26H27N3O/c30-26(25-21(18-6-7-18)12-14-29-16-27-15-24(25)29)19-10-8-17(9-11-19)20-3-1-5-23-22(20)4-2-13-28-23/h1-5,12-19,26,30H,6-11H2/t17-,19-,26-/m0/s1. The molecule has 0 amide bonds. The molecule has 2 saturated carbocycles. The average Bonchev–Trinajstić information content (AvgIpc) is 3.54. The van der Waals surface area contributed by atoms with Crippen LogP contribution in [0.25, 0.3) is 16.4 Å². The number of aromatic nitrogens is 3. The van der Waals surface area contributed by atoms with Crippen molar-refractivity contribution in [2.45, 2.75) is 56.5 Å². The number of rotatable bonds is 4. The molecule has 4 heteroatoms. The third-order valence-electron chi connectivity index (χ3n) is 7.32. The van der Waals surface area contributed by atoms with Crippen LogP contribution >= 0.6 is 0 Å². The summed E-state index contributed by atoms with van der Waals surface area (Å²) in [5.74, 6) is 1.48. The van der Waals surface area contributed by atoms with E-state index in [2.05, 4.69) is 50.9 Å². The minimum atomic E-state index is -0.406. The highest BCUT2D eigenvalue weighted by Crippen LogP contribution is 2.48. The van der Waals surface area contributed by atoms with E-state index in [1.807, 2.05) is 24.8 Å². The number of pyridine rings is 2. The Morgan fingerprint density at radius 3 is 2.53 bits per heavy atom. The average molecular weight is 398 g/mol. The molecule has 6 rings (SSSR count). The van der Waals surface area contributed by atoms with Crippen LogP contribution in [0.3, 0.4) is 0 Å². The van der Waals surface area contributed by atoms with Gasteiger partial charge in [-0.15, -0.1) is 0 Å². The molecule has 3 heterocycles. The summed E-state index contributed by atoms with van der Waals surface area (Å²) in [6.45, 7) is 0. The normalized spacial score (nSPS) is 23.1. The Bertz CT molecular complexity index is 1200. The maximum absolute atomic E-state index is 11.5. The molecule has 0 aliphatic heterocycles. The highest BCUT2D eigenvalue weighted by molar-refractivity contribution is 5.82. The Morgan fingerprint density at radius 2 is 1.70 bits per heavy atom. The molecule has 0 unspecified atom stereocenters. The number of imidazole rings is 1. The van der Waals surface area contributed by atoms with Crippen LogP contribution in [-0.4, -0.2) is 19.5 Å². The first-order chi connectivity index (χ1) is 14.8. The molecule has 0 spiro atoms. The SMILES string of the molecule is O[C@H](c1c(C2CC2)ccn2cncc12)[C@H]1CC[C@H](c2cccc3ncccc32)CC1. The molecule has 0 saturated heterocycles. The number of hydrogen-bond acceptors (Lipinski definition) is 3. The zero-order chi connectivity index (χ0) is 20.1. The van der Waals surface area contributed by atoms with Crippen LogP contribution in [0.15, 0.2) is 61.3 Å². The largest absolute Gasteiger partial charge is 0.388 e. The predicted molar refractivity (Wildman–Crippen MR) is 119 cm³/mol. The maximum Gasteiger partial charge on any atom is 0.0992 e. The Labute approximate surface area is 176 Å². The molecular formula is C26H27N3O. The van der Waals surface area contributed by atoms with E-state index in [4.69, 9.17) is 0 Å². The van der Waals surface area contributed by atoms with Gasteiger partial charge >= 0.3 is 0 Å². The van der Waals surface area contributed by atoms with Crippen molar-refractivity contribution >= 4 is 16.4 Å². The van der Waals surface area contributed by atoms with Gasteiger partial charge in [-0.1, -0.05) is 18.2 Å². The Morgan fingerprint density at radius 1 is 0.900 bits per heavy atom. The van der Waals surface area contributed by atoms with Crippen LogP contribution in [0.2, 0.25) is 0 Å².